The van der Waals surface area contributed by atoms with Gasteiger partial charge in [-0.1, -0.05) is 35.1 Å². The summed E-state index contributed by atoms with van der Waals surface area (Å²) in [5.41, 5.74) is 3.94. The number of rotatable bonds is 4. The molecule has 0 saturated heterocycles. The number of phenolic OH excluding ortho intramolecular Hbond substituents is 1. The van der Waals surface area contributed by atoms with Crippen LogP contribution in [0.2, 0.25) is 5.02 Å². The number of halogens is 1. The Hall–Kier alpha value is -2.97. The second kappa shape index (κ2) is 7.73. The van der Waals surface area contributed by atoms with Crippen molar-refractivity contribution in [3.05, 3.63) is 59.1 Å². The Morgan fingerprint density at radius 2 is 1.84 bits per heavy atom. The summed E-state index contributed by atoms with van der Waals surface area (Å²) in [5, 5.41) is 25.2. The number of phenols is 1. The molecule has 0 radical (unpaired) electrons. The van der Waals surface area contributed by atoms with Gasteiger partial charge < -0.3 is 5.11 Å². The van der Waals surface area contributed by atoms with Crippen molar-refractivity contribution < 1.29 is 9.90 Å². The molecule has 0 bridgehead atoms. The Morgan fingerprint density at radius 3 is 2.56 bits per heavy atom. The first-order chi connectivity index (χ1) is 12.1. The second-order valence-corrected chi connectivity index (χ2v) is 6.25. The minimum atomic E-state index is -0.529. The van der Waals surface area contributed by atoms with Crippen molar-refractivity contribution in [3.8, 4) is 16.3 Å². The van der Waals surface area contributed by atoms with E-state index in [4.69, 9.17) is 11.6 Å². The Kier molecular flexibility index (Phi) is 5.22. The molecule has 0 spiro atoms. The molecule has 25 heavy (non-hydrogen) atoms. The molecule has 1 aromatic heterocycles. The highest BCUT2D eigenvalue weighted by molar-refractivity contribution is 7.18. The van der Waals surface area contributed by atoms with E-state index >= 15 is 0 Å². The highest BCUT2D eigenvalue weighted by atomic mass is 35.5. The Balaban J connectivity index is 1.56. The average molecular weight is 374 g/mol. The quantitative estimate of drug-likeness (QED) is 0.479. The third-order valence-electron chi connectivity index (χ3n) is 3.01. The van der Waals surface area contributed by atoms with E-state index in [2.05, 4.69) is 26.0 Å². The molecule has 0 atom stereocenters. The minimum absolute atomic E-state index is 0.171. The molecule has 0 aliphatic rings. The van der Waals surface area contributed by atoms with Crippen molar-refractivity contribution in [1.29, 1.82) is 0 Å². The van der Waals surface area contributed by atoms with Gasteiger partial charge in [-0.25, -0.2) is 10.2 Å². The van der Waals surface area contributed by atoms with E-state index in [0.717, 1.165) is 11.1 Å². The first-order valence-corrected chi connectivity index (χ1v) is 8.28. The van der Waals surface area contributed by atoms with Crippen molar-refractivity contribution in [1.82, 2.24) is 15.6 Å². The van der Waals surface area contributed by atoms with Gasteiger partial charge in [0.25, 0.3) is 0 Å². The first-order valence-electron chi connectivity index (χ1n) is 7.09. The van der Waals surface area contributed by atoms with Crippen LogP contribution in [-0.2, 0) is 0 Å². The van der Waals surface area contributed by atoms with Crippen LogP contribution in [0.5, 0.6) is 5.75 Å². The summed E-state index contributed by atoms with van der Waals surface area (Å²) in [5.74, 6) is 0.171. The number of hydrogen-bond acceptors (Lipinski definition) is 6. The monoisotopic (exact) mass is 373 g/mol. The van der Waals surface area contributed by atoms with Crippen LogP contribution in [0.15, 0.2) is 53.6 Å². The maximum absolute atomic E-state index is 11.8. The summed E-state index contributed by atoms with van der Waals surface area (Å²) < 4.78 is 0. The molecule has 1 heterocycles. The molecule has 2 aromatic carbocycles. The highest BCUT2D eigenvalue weighted by Gasteiger charge is 2.09. The highest BCUT2D eigenvalue weighted by Crippen LogP contribution is 2.27. The number of nitrogens with zero attached hydrogens (tertiary/aromatic N) is 3. The van der Waals surface area contributed by atoms with Gasteiger partial charge in [0.1, 0.15) is 10.8 Å². The standard InChI is InChI=1S/C16H12ClN5O2S/c17-12-5-1-10(2-6-12)9-18-21-15(24)19-16-22-20-14(25-16)11-3-7-13(23)8-4-11/h1-9,23H,(H2,19,21,22,24)/b18-9+. The Morgan fingerprint density at radius 1 is 1.12 bits per heavy atom. The lowest BCUT2D eigenvalue weighted by Crippen LogP contribution is -2.24. The van der Waals surface area contributed by atoms with Gasteiger partial charge in [-0.05, 0) is 42.0 Å². The van der Waals surface area contributed by atoms with Gasteiger partial charge >= 0.3 is 6.03 Å². The SMILES string of the molecule is O=C(N/N=C/c1ccc(Cl)cc1)Nc1nnc(-c2ccc(O)cc2)s1. The molecule has 7 nitrogen and oxygen atoms in total. The van der Waals surface area contributed by atoms with Crippen LogP contribution in [0.4, 0.5) is 9.93 Å². The van der Waals surface area contributed by atoms with Gasteiger partial charge in [0.05, 0.1) is 6.21 Å². The molecule has 126 valence electrons. The predicted octanol–water partition coefficient (Wildman–Crippen LogP) is 3.72. The zero-order valence-corrected chi connectivity index (χ0v) is 14.3. The van der Waals surface area contributed by atoms with Crippen LogP contribution in [0, 0.1) is 0 Å². The van der Waals surface area contributed by atoms with Crippen molar-refractivity contribution in [2.75, 3.05) is 5.32 Å². The van der Waals surface area contributed by atoms with Crippen LogP contribution in [-0.4, -0.2) is 27.5 Å². The Labute approximate surface area is 152 Å². The van der Waals surface area contributed by atoms with Gasteiger partial charge in [0.15, 0.2) is 0 Å². The van der Waals surface area contributed by atoms with Crippen LogP contribution >= 0.6 is 22.9 Å². The lowest BCUT2D eigenvalue weighted by Gasteiger charge is -1.99. The zero-order chi connectivity index (χ0) is 17.6. The normalized spacial score (nSPS) is 10.8. The summed E-state index contributed by atoms with van der Waals surface area (Å²) in [7, 11) is 0. The van der Waals surface area contributed by atoms with E-state index in [1.54, 1.807) is 48.5 Å². The maximum Gasteiger partial charge on any atom is 0.341 e. The fourth-order valence-corrected chi connectivity index (χ4v) is 2.70. The number of hydrazone groups is 1. The summed E-state index contributed by atoms with van der Waals surface area (Å²) in [6, 6.07) is 13.0. The molecule has 0 aliphatic heterocycles. The summed E-state index contributed by atoms with van der Waals surface area (Å²) in [6.07, 6.45) is 1.50. The van der Waals surface area contributed by atoms with Gasteiger partial charge in [-0.15, -0.1) is 10.2 Å². The lowest BCUT2D eigenvalue weighted by molar-refractivity contribution is 0.252. The number of benzene rings is 2. The lowest BCUT2D eigenvalue weighted by atomic mass is 10.2. The molecule has 0 saturated carbocycles. The zero-order valence-electron chi connectivity index (χ0n) is 12.7. The molecule has 0 aliphatic carbocycles. The predicted molar refractivity (Wildman–Crippen MR) is 98.2 cm³/mol. The number of aromatic hydroxyl groups is 1. The smallest absolute Gasteiger partial charge is 0.341 e. The Bertz CT molecular complexity index is 894. The number of anilines is 1. The van der Waals surface area contributed by atoms with Crippen molar-refractivity contribution >= 4 is 40.3 Å². The summed E-state index contributed by atoms with van der Waals surface area (Å²) >= 11 is 7.00. The molecular formula is C16H12ClN5O2S. The number of amides is 2. The number of nitrogens with one attached hydrogen (secondary N) is 2. The summed E-state index contributed by atoms with van der Waals surface area (Å²) in [4.78, 5) is 11.8. The van der Waals surface area contributed by atoms with Gasteiger partial charge in [-0.3, -0.25) is 5.32 Å². The topological polar surface area (TPSA) is 99.5 Å². The first kappa shape index (κ1) is 16.9. The van der Waals surface area contributed by atoms with E-state index in [0.29, 0.717) is 15.2 Å². The molecule has 9 heteroatoms. The third-order valence-corrected chi connectivity index (χ3v) is 4.15. The van der Waals surface area contributed by atoms with Crippen LogP contribution in [0.1, 0.15) is 5.56 Å². The van der Waals surface area contributed by atoms with Gasteiger partial charge in [0, 0.05) is 10.6 Å². The molecule has 0 unspecified atom stereocenters. The third kappa shape index (κ3) is 4.75. The van der Waals surface area contributed by atoms with E-state index in [-0.39, 0.29) is 5.75 Å². The molecule has 2 amide bonds. The van der Waals surface area contributed by atoms with Gasteiger partial charge in [0.2, 0.25) is 5.13 Å². The molecule has 0 fully saturated rings. The number of aromatic nitrogens is 2. The molecular weight excluding hydrogens is 362 g/mol. The number of hydrogen-bond donors (Lipinski definition) is 3. The van der Waals surface area contributed by atoms with E-state index in [1.165, 1.54) is 17.6 Å². The van der Waals surface area contributed by atoms with Crippen molar-refractivity contribution in [2.24, 2.45) is 5.10 Å². The number of carbonyl (C=O) groups is 1. The largest absolute Gasteiger partial charge is 0.508 e. The van der Waals surface area contributed by atoms with Crippen molar-refractivity contribution in [2.45, 2.75) is 0 Å². The van der Waals surface area contributed by atoms with Crippen LogP contribution in [0.3, 0.4) is 0 Å². The number of carbonyl (C=O) groups excluding carboxylic acids is 1. The molecule has 3 rings (SSSR count). The van der Waals surface area contributed by atoms with Crippen LogP contribution in [0.25, 0.3) is 10.6 Å². The average Bonchev–Trinajstić information content (AvgIpc) is 3.06. The molecule has 3 aromatic rings. The van der Waals surface area contributed by atoms with Crippen molar-refractivity contribution in [3.63, 3.8) is 0 Å². The minimum Gasteiger partial charge on any atom is -0.508 e. The maximum atomic E-state index is 11.8. The van der Waals surface area contributed by atoms with Crippen LogP contribution < -0.4 is 10.7 Å². The van der Waals surface area contributed by atoms with Gasteiger partial charge in [-0.2, -0.15) is 5.10 Å². The van der Waals surface area contributed by atoms with E-state index in [9.17, 15) is 9.90 Å². The van der Waals surface area contributed by atoms with E-state index < -0.39 is 6.03 Å². The fourth-order valence-electron chi connectivity index (χ4n) is 1.83. The number of urea groups is 1. The summed E-state index contributed by atoms with van der Waals surface area (Å²) in [6.45, 7) is 0. The van der Waals surface area contributed by atoms with E-state index in [1.807, 2.05) is 0 Å². The second-order valence-electron chi connectivity index (χ2n) is 4.83. The fraction of sp³-hybridized carbons (Fsp3) is 0. The molecule has 3 N–H and O–H groups in total.